The Morgan fingerprint density at radius 3 is 2.71 bits per heavy atom. The van der Waals surface area contributed by atoms with Crippen LogP contribution in [0.2, 0.25) is 5.02 Å². The first-order chi connectivity index (χ1) is 9.86. The molecule has 1 aromatic carbocycles. The second-order valence-electron chi connectivity index (χ2n) is 4.38. The first-order valence-electron chi connectivity index (χ1n) is 5.80. The zero-order chi connectivity index (χ0) is 15.6. The Morgan fingerprint density at radius 1 is 1.43 bits per heavy atom. The van der Waals surface area contributed by atoms with Crippen molar-refractivity contribution >= 4 is 50.5 Å². The van der Waals surface area contributed by atoms with Gasteiger partial charge < -0.3 is 4.90 Å². The number of hydrogen-bond acceptors (Lipinski definition) is 4. The van der Waals surface area contributed by atoms with Crippen molar-refractivity contribution in [1.82, 2.24) is 4.90 Å². The quantitative estimate of drug-likeness (QED) is 0.577. The van der Waals surface area contributed by atoms with Crippen molar-refractivity contribution in [2.45, 2.75) is 6.54 Å². The highest BCUT2D eigenvalue weighted by atomic mass is 79.9. The summed E-state index contributed by atoms with van der Waals surface area (Å²) in [5.74, 6) is -0.317. The maximum atomic E-state index is 12.3. The fourth-order valence-corrected chi connectivity index (χ4v) is 3.23. The number of nitro groups is 1. The molecule has 1 amide bonds. The second kappa shape index (κ2) is 6.55. The van der Waals surface area contributed by atoms with Crippen LogP contribution < -0.4 is 0 Å². The first kappa shape index (κ1) is 15.9. The number of thiophene rings is 1. The van der Waals surface area contributed by atoms with E-state index in [1.807, 2.05) is 11.4 Å². The van der Waals surface area contributed by atoms with Crippen LogP contribution in [0.1, 0.15) is 15.9 Å². The third kappa shape index (κ3) is 4.03. The van der Waals surface area contributed by atoms with Crippen LogP contribution >= 0.6 is 38.9 Å². The summed E-state index contributed by atoms with van der Waals surface area (Å²) in [6.07, 6.45) is 0. The SMILES string of the molecule is CN(Cc1csc(Br)c1)C(=O)c1cc(Cl)cc([N+](=O)[O-])c1. The van der Waals surface area contributed by atoms with E-state index in [0.717, 1.165) is 9.35 Å². The monoisotopic (exact) mass is 388 g/mol. The molecule has 0 radical (unpaired) electrons. The van der Waals surface area contributed by atoms with Crippen LogP contribution in [-0.2, 0) is 6.54 Å². The summed E-state index contributed by atoms with van der Waals surface area (Å²) in [5, 5.41) is 12.9. The van der Waals surface area contributed by atoms with E-state index >= 15 is 0 Å². The standard InChI is InChI=1S/C13H10BrClN2O3S/c1-16(6-8-2-12(14)21-7-8)13(18)9-3-10(15)5-11(4-9)17(19)20/h2-5,7H,6H2,1H3. The van der Waals surface area contributed by atoms with E-state index in [9.17, 15) is 14.9 Å². The average molecular weight is 390 g/mol. The molecule has 0 unspecified atom stereocenters. The van der Waals surface area contributed by atoms with Crippen molar-refractivity contribution in [1.29, 1.82) is 0 Å². The molecule has 2 rings (SSSR count). The molecular formula is C13H10BrClN2O3S. The van der Waals surface area contributed by atoms with Gasteiger partial charge in [0.05, 0.1) is 8.71 Å². The lowest BCUT2D eigenvalue weighted by atomic mass is 10.1. The summed E-state index contributed by atoms with van der Waals surface area (Å²) in [7, 11) is 1.64. The Balaban J connectivity index is 2.20. The number of carbonyl (C=O) groups is 1. The van der Waals surface area contributed by atoms with Gasteiger partial charge in [0.25, 0.3) is 11.6 Å². The minimum atomic E-state index is -0.571. The minimum Gasteiger partial charge on any atom is -0.337 e. The number of carbonyl (C=O) groups excluding carboxylic acids is 1. The number of nitro benzene ring substituents is 1. The highest BCUT2D eigenvalue weighted by molar-refractivity contribution is 9.11. The van der Waals surface area contributed by atoms with Gasteiger partial charge in [-0.1, -0.05) is 11.6 Å². The molecule has 1 aromatic heterocycles. The zero-order valence-corrected chi connectivity index (χ0v) is 14.0. The van der Waals surface area contributed by atoms with Gasteiger partial charge in [-0.25, -0.2) is 0 Å². The zero-order valence-electron chi connectivity index (χ0n) is 10.9. The van der Waals surface area contributed by atoms with Crippen LogP contribution in [0.4, 0.5) is 5.69 Å². The van der Waals surface area contributed by atoms with Gasteiger partial charge in [-0.2, -0.15) is 0 Å². The molecule has 0 fully saturated rings. The van der Waals surface area contributed by atoms with Crippen molar-refractivity contribution in [2.24, 2.45) is 0 Å². The van der Waals surface area contributed by atoms with E-state index in [1.165, 1.54) is 34.4 Å². The van der Waals surface area contributed by atoms with E-state index in [2.05, 4.69) is 15.9 Å². The predicted molar refractivity (Wildman–Crippen MR) is 85.9 cm³/mol. The van der Waals surface area contributed by atoms with Gasteiger partial charge in [-0.05, 0) is 39.0 Å². The van der Waals surface area contributed by atoms with Crippen molar-refractivity contribution in [3.63, 3.8) is 0 Å². The third-order valence-corrected chi connectivity index (χ3v) is 4.50. The number of benzene rings is 1. The molecule has 21 heavy (non-hydrogen) atoms. The van der Waals surface area contributed by atoms with Gasteiger partial charge in [0.15, 0.2) is 0 Å². The van der Waals surface area contributed by atoms with E-state index in [4.69, 9.17) is 11.6 Å². The highest BCUT2D eigenvalue weighted by Crippen LogP contribution is 2.24. The molecule has 0 saturated carbocycles. The molecule has 8 heteroatoms. The highest BCUT2D eigenvalue weighted by Gasteiger charge is 2.17. The lowest BCUT2D eigenvalue weighted by Gasteiger charge is -2.16. The van der Waals surface area contributed by atoms with Crippen molar-refractivity contribution in [2.75, 3.05) is 7.05 Å². The van der Waals surface area contributed by atoms with E-state index in [1.54, 1.807) is 7.05 Å². The van der Waals surface area contributed by atoms with Gasteiger partial charge in [0.1, 0.15) is 0 Å². The Labute approximate surface area is 138 Å². The molecule has 2 aromatic rings. The Morgan fingerprint density at radius 2 is 2.14 bits per heavy atom. The summed E-state index contributed by atoms with van der Waals surface area (Å²) in [5.41, 5.74) is 0.989. The van der Waals surface area contributed by atoms with Crippen LogP contribution in [0, 0.1) is 10.1 Å². The normalized spacial score (nSPS) is 10.4. The second-order valence-corrected chi connectivity index (χ2v) is 7.10. The van der Waals surface area contributed by atoms with Crippen molar-refractivity contribution in [3.8, 4) is 0 Å². The summed E-state index contributed by atoms with van der Waals surface area (Å²) in [6.45, 7) is 0.418. The maximum Gasteiger partial charge on any atom is 0.271 e. The summed E-state index contributed by atoms with van der Waals surface area (Å²) < 4.78 is 0.983. The molecule has 0 bridgehead atoms. The fourth-order valence-electron chi connectivity index (χ4n) is 1.80. The van der Waals surface area contributed by atoms with E-state index < -0.39 is 4.92 Å². The number of hydrogen-bond donors (Lipinski definition) is 0. The van der Waals surface area contributed by atoms with Gasteiger partial charge >= 0.3 is 0 Å². The molecule has 0 spiro atoms. The molecule has 1 heterocycles. The Kier molecular flexibility index (Phi) is 4.97. The Bertz CT molecular complexity index is 704. The van der Waals surface area contributed by atoms with E-state index in [0.29, 0.717) is 6.54 Å². The van der Waals surface area contributed by atoms with Gasteiger partial charge in [-0.3, -0.25) is 14.9 Å². The largest absolute Gasteiger partial charge is 0.337 e. The van der Waals surface area contributed by atoms with Crippen LogP contribution in [-0.4, -0.2) is 22.8 Å². The maximum absolute atomic E-state index is 12.3. The summed E-state index contributed by atoms with van der Waals surface area (Å²) >= 11 is 10.7. The summed E-state index contributed by atoms with van der Waals surface area (Å²) in [6, 6.07) is 5.80. The lowest BCUT2D eigenvalue weighted by Crippen LogP contribution is -2.26. The lowest BCUT2D eigenvalue weighted by molar-refractivity contribution is -0.384. The van der Waals surface area contributed by atoms with Crippen molar-refractivity contribution in [3.05, 3.63) is 59.7 Å². The number of rotatable bonds is 4. The Hall–Kier alpha value is -1.44. The molecular weight excluding hydrogens is 380 g/mol. The molecule has 110 valence electrons. The van der Waals surface area contributed by atoms with Crippen LogP contribution in [0.5, 0.6) is 0 Å². The van der Waals surface area contributed by atoms with Gasteiger partial charge in [0, 0.05) is 36.3 Å². The number of nitrogens with zero attached hydrogens (tertiary/aromatic N) is 2. The fraction of sp³-hybridized carbons (Fsp3) is 0.154. The smallest absolute Gasteiger partial charge is 0.271 e. The first-order valence-corrected chi connectivity index (χ1v) is 7.85. The molecule has 0 aliphatic carbocycles. The van der Waals surface area contributed by atoms with Gasteiger partial charge in [0.2, 0.25) is 0 Å². The van der Waals surface area contributed by atoms with Crippen LogP contribution in [0.3, 0.4) is 0 Å². The summed E-state index contributed by atoms with van der Waals surface area (Å²) in [4.78, 5) is 24.0. The topological polar surface area (TPSA) is 63.5 Å². The minimum absolute atomic E-state index is 0.166. The van der Waals surface area contributed by atoms with Crippen molar-refractivity contribution < 1.29 is 9.72 Å². The number of amides is 1. The predicted octanol–water partition coefficient (Wildman–Crippen LogP) is 4.34. The van der Waals surface area contributed by atoms with Gasteiger partial charge in [-0.15, -0.1) is 11.3 Å². The molecule has 0 atom stereocenters. The van der Waals surface area contributed by atoms with E-state index in [-0.39, 0.29) is 22.2 Å². The third-order valence-electron chi connectivity index (χ3n) is 2.73. The molecule has 0 aliphatic heterocycles. The average Bonchev–Trinajstić information content (AvgIpc) is 2.82. The molecule has 0 aliphatic rings. The number of non-ortho nitro benzene ring substituents is 1. The van der Waals surface area contributed by atoms with Crippen LogP contribution in [0.15, 0.2) is 33.4 Å². The molecule has 5 nitrogen and oxygen atoms in total. The van der Waals surface area contributed by atoms with Crippen LogP contribution in [0.25, 0.3) is 0 Å². The number of halogens is 2. The molecule has 0 N–H and O–H groups in total. The molecule has 0 saturated heterocycles.